The molecule has 2 fully saturated rings. The van der Waals surface area contributed by atoms with E-state index in [0.29, 0.717) is 26.2 Å². The molecule has 2 atom stereocenters. The Morgan fingerprint density at radius 1 is 0.727 bits per heavy atom. The van der Waals surface area contributed by atoms with Gasteiger partial charge in [-0.25, -0.2) is 4.39 Å². The molecule has 2 aliphatic rings. The van der Waals surface area contributed by atoms with Gasteiger partial charge in [0.15, 0.2) is 0 Å². The normalized spacial score (nSPS) is 20.1. The number of rotatable bonds is 5. The summed E-state index contributed by atoms with van der Waals surface area (Å²) in [5, 5.41) is 0. The van der Waals surface area contributed by atoms with E-state index in [2.05, 4.69) is 0 Å². The molecule has 0 spiro atoms. The molecule has 5 heteroatoms. The Balaban J connectivity index is 1.23. The van der Waals surface area contributed by atoms with Gasteiger partial charge in [-0.1, -0.05) is 72.8 Å². The van der Waals surface area contributed by atoms with E-state index in [9.17, 15) is 14.0 Å². The molecule has 0 radical (unpaired) electrons. The van der Waals surface area contributed by atoms with Gasteiger partial charge in [-0.2, -0.15) is 0 Å². The molecule has 2 amide bonds. The summed E-state index contributed by atoms with van der Waals surface area (Å²) in [6.07, 6.45) is 0.813. The van der Waals surface area contributed by atoms with Gasteiger partial charge in [-0.3, -0.25) is 9.59 Å². The Labute approximate surface area is 193 Å². The molecule has 3 aromatic carbocycles. The fourth-order valence-corrected chi connectivity index (χ4v) is 4.88. The van der Waals surface area contributed by atoms with Crippen LogP contribution in [-0.2, 0) is 9.59 Å². The molecular weight excluding hydrogens is 415 g/mol. The zero-order valence-electron chi connectivity index (χ0n) is 18.4. The highest BCUT2D eigenvalue weighted by Gasteiger charge is 2.46. The van der Waals surface area contributed by atoms with E-state index in [1.54, 1.807) is 12.1 Å². The van der Waals surface area contributed by atoms with Crippen molar-refractivity contribution in [3.05, 3.63) is 107 Å². The van der Waals surface area contributed by atoms with Crippen LogP contribution in [0.2, 0.25) is 0 Å². The summed E-state index contributed by atoms with van der Waals surface area (Å²) in [6, 6.07) is 26.2. The average Bonchev–Trinajstić information content (AvgIpc) is 3.67. The minimum atomic E-state index is -0.346. The molecule has 2 unspecified atom stereocenters. The maximum Gasteiger partial charge on any atom is 0.234 e. The second-order valence-electron chi connectivity index (χ2n) is 8.91. The number of nitrogens with zero attached hydrogens (tertiary/aromatic N) is 2. The molecule has 1 aliphatic heterocycles. The lowest BCUT2D eigenvalue weighted by Crippen LogP contribution is -2.52. The first-order valence-electron chi connectivity index (χ1n) is 11.5. The number of carbonyl (C=O) groups excluding carboxylic acids is 2. The molecule has 4 nitrogen and oxygen atoms in total. The minimum absolute atomic E-state index is 0.0286. The molecule has 1 aliphatic carbocycles. The van der Waals surface area contributed by atoms with Gasteiger partial charge in [0.2, 0.25) is 11.8 Å². The first kappa shape index (κ1) is 21.4. The Hall–Kier alpha value is -3.47. The quantitative estimate of drug-likeness (QED) is 0.587. The van der Waals surface area contributed by atoms with E-state index in [1.165, 1.54) is 12.1 Å². The highest BCUT2D eigenvalue weighted by atomic mass is 19.1. The van der Waals surface area contributed by atoms with Crippen molar-refractivity contribution in [2.75, 3.05) is 26.2 Å². The van der Waals surface area contributed by atoms with E-state index < -0.39 is 0 Å². The summed E-state index contributed by atoms with van der Waals surface area (Å²) >= 11 is 0. The number of halogens is 1. The summed E-state index contributed by atoms with van der Waals surface area (Å²) in [5.74, 6) is -0.222. The van der Waals surface area contributed by atoms with Crippen molar-refractivity contribution < 1.29 is 14.0 Å². The number of benzene rings is 3. The van der Waals surface area contributed by atoms with Gasteiger partial charge in [0.25, 0.3) is 0 Å². The predicted octanol–water partition coefficient (Wildman–Crippen LogP) is 4.43. The Morgan fingerprint density at radius 3 is 1.79 bits per heavy atom. The SMILES string of the molecule is O=C(C(c1ccccc1)c1ccccc1)N1CCN(C(=O)C2CC2c2ccc(F)cc2)CC1. The molecule has 3 aromatic rings. The monoisotopic (exact) mass is 442 g/mol. The van der Waals surface area contributed by atoms with Crippen LogP contribution in [0.5, 0.6) is 0 Å². The zero-order valence-corrected chi connectivity index (χ0v) is 18.4. The maximum atomic E-state index is 13.6. The topological polar surface area (TPSA) is 40.6 Å². The number of carbonyl (C=O) groups is 2. The molecule has 1 saturated carbocycles. The van der Waals surface area contributed by atoms with Crippen LogP contribution in [0.1, 0.15) is 34.9 Å². The summed E-state index contributed by atoms with van der Waals surface area (Å²) < 4.78 is 13.2. The van der Waals surface area contributed by atoms with Crippen LogP contribution in [0.4, 0.5) is 4.39 Å². The highest BCUT2D eigenvalue weighted by molar-refractivity contribution is 5.88. The van der Waals surface area contributed by atoms with E-state index >= 15 is 0 Å². The summed E-state index contributed by atoms with van der Waals surface area (Å²) in [5.41, 5.74) is 2.98. The maximum absolute atomic E-state index is 13.6. The predicted molar refractivity (Wildman–Crippen MR) is 125 cm³/mol. The van der Waals surface area contributed by atoms with Crippen molar-refractivity contribution in [1.29, 1.82) is 0 Å². The Kier molecular flexibility index (Phi) is 5.95. The lowest BCUT2D eigenvalue weighted by atomic mass is 9.90. The lowest BCUT2D eigenvalue weighted by molar-refractivity contribution is -0.140. The molecule has 33 heavy (non-hydrogen) atoms. The largest absolute Gasteiger partial charge is 0.339 e. The van der Waals surface area contributed by atoms with Gasteiger partial charge in [-0.15, -0.1) is 0 Å². The summed E-state index contributed by atoms with van der Waals surface area (Å²) in [7, 11) is 0. The van der Waals surface area contributed by atoms with Crippen molar-refractivity contribution in [2.24, 2.45) is 5.92 Å². The molecular formula is C28H27FN2O2. The van der Waals surface area contributed by atoms with E-state index in [0.717, 1.165) is 23.1 Å². The van der Waals surface area contributed by atoms with Gasteiger partial charge in [0.05, 0.1) is 5.92 Å². The zero-order chi connectivity index (χ0) is 22.8. The average molecular weight is 443 g/mol. The fraction of sp³-hybridized carbons (Fsp3) is 0.286. The van der Waals surface area contributed by atoms with E-state index in [-0.39, 0.29) is 35.4 Å². The standard InChI is InChI=1S/C28H27FN2O2/c29-23-13-11-20(12-14-23)24-19-25(24)27(32)30-15-17-31(18-16-30)28(33)26(21-7-3-1-4-8-21)22-9-5-2-6-10-22/h1-14,24-26H,15-19H2. The molecule has 0 bridgehead atoms. The van der Waals surface area contributed by atoms with Crippen LogP contribution in [0.3, 0.4) is 0 Å². The second-order valence-corrected chi connectivity index (χ2v) is 8.91. The van der Waals surface area contributed by atoms with Crippen LogP contribution in [-0.4, -0.2) is 47.8 Å². The van der Waals surface area contributed by atoms with Crippen molar-refractivity contribution >= 4 is 11.8 Å². The molecule has 0 aromatic heterocycles. The smallest absolute Gasteiger partial charge is 0.234 e. The molecule has 0 N–H and O–H groups in total. The lowest BCUT2D eigenvalue weighted by Gasteiger charge is -2.37. The first-order chi connectivity index (χ1) is 16.1. The number of hydrogen-bond donors (Lipinski definition) is 0. The van der Waals surface area contributed by atoms with Crippen molar-refractivity contribution in [3.63, 3.8) is 0 Å². The minimum Gasteiger partial charge on any atom is -0.339 e. The van der Waals surface area contributed by atoms with Gasteiger partial charge >= 0.3 is 0 Å². The van der Waals surface area contributed by atoms with Gasteiger partial charge in [0, 0.05) is 32.1 Å². The number of piperazine rings is 1. The first-order valence-corrected chi connectivity index (χ1v) is 11.5. The number of amides is 2. The molecule has 5 rings (SSSR count). The third-order valence-electron chi connectivity index (χ3n) is 6.82. The summed E-state index contributed by atoms with van der Waals surface area (Å²) in [6.45, 7) is 2.17. The number of hydrogen-bond acceptors (Lipinski definition) is 2. The van der Waals surface area contributed by atoms with E-state index in [1.807, 2.05) is 70.5 Å². The van der Waals surface area contributed by atoms with Crippen LogP contribution >= 0.6 is 0 Å². The highest BCUT2D eigenvalue weighted by Crippen LogP contribution is 2.48. The summed E-state index contributed by atoms with van der Waals surface area (Å²) in [4.78, 5) is 30.4. The van der Waals surface area contributed by atoms with E-state index in [4.69, 9.17) is 0 Å². The van der Waals surface area contributed by atoms with Gasteiger partial charge < -0.3 is 9.80 Å². The van der Waals surface area contributed by atoms with Crippen LogP contribution in [0.15, 0.2) is 84.9 Å². The van der Waals surface area contributed by atoms with Gasteiger partial charge in [-0.05, 0) is 41.2 Å². The van der Waals surface area contributed by atoms with Crippen molar-refractivity contribution in [2.45, 2.75) is 18.3 Å². The molecule has 1 saturated heterocycles. The second kappa shape index (κ2) is 9.18. The third-order valence-corrected chi connectivity index (χ3v) is 6.82. The van der Waals surface area contributed by atoms with Crippen LogP contribution in [0.25, 0.3) is 0 Å². The Morgan fingerprint density at radius 2 is 1.24 bits per heavy atom. The van der Waals surface area contributed by atoms with Crippen LogP contribution < -0.4 is 0 Å². The fourth-order valence-electron chi connectivity index (χ4n) is 4.88. The van der Waals surface area contributed by atoms with Crippen LogP contribution in [0, 0.1) is 11.7 Å². The Bertz CT molecular complexity index is 1070. The molecule has 168 valence electrons. The van der Waals surface area contributed by atoms with Crippen molar-refractivity contribution in [3.8, 4) is 0 Å². The molecule has 1 heterocycles. The van der Waals surface area contributed by atoms with Gasteiger partial charge in [0.1, 0.15) is 5.82 Å². The third kappa shape index (κ3) is 4.54. The van der Waals surface area contributed by atoms with Crippen molar-refractivity contribution in [1.82, 2.24) is 9.80 Å².